The van der Waals surface area contributed by atoms with E-state index in [1.165, 1.54) is 16.7 Å². The second kappa shape index (κ2) is 7.73. The number of aryl methyl sites for hydroxylation is 1. The molecule has 26 heavy (non-hydrogen) atoms. The average Bonchev–Trinajstić information content (AvgIpc) is 2.61. The van der Waals surface area contributed by atoms with Crippen molar-refractivity contribution in [3.63, 3.8) is 0 Å². The summed E-state index contributed by atoms with van der Waals surface area (Å²) < 4.78 is 0. The van der Waals surface area contributed by atoms with Crippen molar-refractivity contribution in [3.05, 3.63) is 65.2 Å². The number of hydrogen-bond acceptors (Lipinski definition) is 3. The summed E-state index contributed by atoms with van der Waals surface area (Å²) in [6.07, 6.45) is 1.31. The van der Waals surface area contributed by atoms with Gasteiger partial charge in [0.1, 0.15) is 0 Å². The Bertz CT molecular complexity index is 800. The van der Waals surface area contributed by atoms with Crippen molar-refractivity contribution in [2.24, 2.45) is 0 Å². The molecule has 1 aliphatic rings. The highest BCUT2D eigenvalue weighted by Crippen LogP contribution is 2.42. The maximum absolute atomic E-state index is 12.8. The summed E-state index contributed by atoms with van der Waals surface area (Å²) in [5.41, 5.74) is 4.54. The number of hydrogen-bond donors (Lipinski definition) is 0. The van der Waals surface area contributed by atoms with Crippen LogP contribution >= 0.6 is 0 Å². The van der Waals surface area contributed by atoms with Crippen LogP contribution in [-0.2, 0) is 9.59 Å². The van der Waals surface area contributed by atoms with Gasteiger partial charge >= 0.3 is 0 Å². The van der Waals surface area contributed by atoms with Crippen molar-refractivity contribution in [3.8, 4) is 0 Å². The van der Waals surface area contributed by atoms with Crippen LogP contribution in [-0.4, -0.2) is 17.9 Å². The molecule has 1 amide bonds. The molecule has 0 radical (unpaired) electrons. The molecular formula is C22H24NO3-. The molecule has 0 aliphatic carbocycles. The standard InChI is InChI=1S/C22H25NO3/c1-15-11-12-20-19(13-15)18(17-7-4-3-5-8-17)14-16(2)23(20)21(24)9-6-10-22(25)26/h3-5,7-8,11-13,16,18H,6,9-10,14H2,1-2H3,(H,25,26)/p-1/t16-,18-/m1/s1. The summed E-state index contributed by atoms with van der Waals surface area (Å²) in [7, 11) is 0. The van der Waals surface area contributed by atoms with Crippen molar-refractivity contribution in [2.75, 3.05) is 4.90 Å². The summed E-state index contributed by atoms with van der Waals surface area (Å²) in [6, 6.07) is 16.7. The van der Waals surface area contributed by atoms with E-state index in [0.29, 0.717) is 6.42 Å². The highest BCUT2D eigenvalue weighted by molar-refractivity contribution is 5.95. The van der Waals surface area contributed by atoms with Crippen molar-refractivity contribution in [2.45, 2.75) is 51.5 Å². The summed E-state index contributed by atoms with van der Waals surface area (Å²) in [5, 5.41) is 10.6. The third-order valence-corrected chi connectivity index (χ3v) is 5.08. The Kier molecular flexibility index (Phi) is 5.40. The molecule has 0 bridgehead atoms. The van der Waals surface area contributed by atoms with E-state index >= 15 is 0 Å². The van der Waals surface area contributed by atoms with E-state index in [4.69, 9.17) is 0 Å². The molecule has 1 aliphatic heterocycles. The first-order valence-corrected chi connectivity index (χ1v) is 9.14. The number of carboxylic acid groups (broad SMARTS) is 1. The second-order valence-corrected chi connectivity index (χ2v) is 7.10. The third kappa shape index (κ3) is 3.79. The number of nitrogens with zero attached hydrogens (tertiary/aromatic N) is 1. The topological polar surface area (TPSA) is 60.4 Å². The van der Waals surface area contributed by atoms with E-state index in [0.717, 1.165) is 12.1 Å². The highest BCUT2D eigenvalue weighted by atomic mass is 16.4. The molecule has 0 unspecified atom stereocenters. The number of fused-ring (bicyclic) bond motifs is 1. The number of aliphatic carboxylic acids is 1. The molecule has 4 nitrogen and oxygen atoms in total. The van der Waals surface area contributed by atoms with Crippen LogP contribution in [0.3, 0.4) is 0 Å². The molecule has 4 heteroatoms. The smallest absolute Gasteiger partial charge is 0.227 e. The summed E-state index contributed by atoms with van der Waals surface area (Å²) in [6.45, 7) is 4.13. The molecule has 3 rings (SSSR count). The van der Waals surface area contributed by atoms with Gasteiger partial charge < -0.3 is 14.8 Å². The third-order valence-electron chi connectivity index (χ3n) is 5.08. The summed E-state index contributed by atoms with van der Waals surface area (Å²) in [5.74, 6) is -0.867. The minimum atomic E-state index is -1.11. The van der Waals surface area contributed by atoms with Crippen molar-refractivity contribution in [1.29, 1.82) is 0 Å². The molecule has 136 valence electrons. The zero-order valence-corrected chi connectivity index (χ0v) is 15.3. The Morgan fingerprint density at radius 1 is 1.12 bits per heavy atom. The van der Waals surface area contributed by atoms with Crippen LogP contribution in [0.2, 0.25) is 0 Å². The van der Waals surface area contributed by atoms with E-state index < -0.39 is 5.97 Å². The van der Waals surface area contributed by atoms with Gasteiger partial charge in [0.15, 0.2) is 0 Å². The zero-order chi connectivity index (χ0) is 18.7. The Morgan fingerprint density at radius 2 is 1.85 bits per heavy atom. The van der Waals surface area contributed by atoms with E-state index in [9.17, 15) is 14.7 Å². The minimum absolute atomic E-state index is 0.0182. The first-order valence-electron chi connectivity index (χ1n) is 9.14. The van der Waals surface area contributed by atoms with E-state index in [1.54, 1.807) is 0 Å². The number of rotatable bonds is 5. The Hall–Kier alpha value is -2.62. The lowest BCUT2D eigenvalue weighted by molar-refractivity contribution is -0.305. The molecule has 0 saturated carbocycles. The molecule has 0 N–H and O–H groups in total. The average molecular weight is 350 g/mol. The van der Waals surface area contributed by atoms with Crippen LogP contribution in [0.1, 0.15) is 55.2 Å². The van der Waals surface area contributed by atoms with Crippen LogP contribution in [0.5, 0.6) is 0 Å². The Balaban J connectivity index is 1.93. The molecular weight excluding hydrogens is 326 g/mol. The highest BCUT2D eigenvalue weighted by Gasteiger charge is 2.34. The van der Waals surface area contributed by atoms with Crippen molar-refractivity contribution < 1.29 is 14.7 Å². The minimum Gasteiger partial charge on any atom is -0.550 e. The van der Waals surface area contributed by atoms with Crippen LogP contribution in [0.15, 0.2) is 48.5 Å². The normalized spacial score (nSPS) is 19.1. The van der Waals surface area contributed by atoms with Gasteiger partial charge in [-0.25, -0.2) is 0 Å². The number of benzene rings is 2. The van der Waals surface area contributed by atoms with Gasteiger partial charge in [0, 0.05) is 30.0 Å². The van der Waals surface area contributed by atoms with Gasteiger partial charge in [-0.05, 0) is 50.3 Å². The van der Waals surface area contributed by atoms with Gasteiger partial charge in [-0.3, -0.25) is 4.79 Å². The molecule has 0 aromatic heterocycles. The fraction of sp³-hybridized carbons (Fsp3) is 0.364. The number of anilines is 1. The van der Waals surface area contributed by atoms with Gasteiger partial charge in [0.25, 0.3) is 0 Å². The van der Waals surface area contributed by atoms with Crippen LogP contribution < -0.4 is 10.0 Å². The SMILES string of the molecule is Cc1ccc2c(c1)[C@@H](c1ccccc1)C[C@@H](C)N2C(=O)CCCC(=O)[O-]. The molecule has 0 fully saturated rings. The Morgan fingerprint density at radius 3 is 2.54 bits per heavy atom. The summed E-state index contributed by atoms with van der Waals surface area (Å²) >= 11 is 0. The maximum Gasteiger partial charge on any atom is 0.227 e. The molecule has 1 heterocycles. The van der Waals surface area contributed by atoms with Gasteiger partial charge in [-0.2, -0.15) is 0 Å². The molecule has 0 saturated heterocycles. The largest absolute Gasteiger partial charge is 0.550 e. The van der Waals surface area contributed by atoms with Gasteiger partial charge in [-0.1, -0.05) is 48.0 Å². The van der Waals surface area contributed by atoms with E-state index in [1.807, 2.05) is 35.2 Å². The molecule has 0 spiro atoms. The maximum atomic E-state index is 12.8. The van der Waals surface area contributed by atoms with Crippen LogP contribution in [0.25, 0.3) is 0 Å². The van der Waals surface area contributed by atoms with Crippen LogP contribution in [0.4, 0.5) is 5.69 Å². The van der Waals surface area contributed by atoms with Crippen LogP contribution in [0, 0.1) is 6.92 Å². The van der Waals surface area contributed by atoms with Gasteiger partial charge in [0.2, 0.25) is 5.91 Å². The number of carboxylic acids is 1. The fourth-order valence-electron chi connectivity index (χ4n) is 3.87. The molecule has 2 atom stereocenters. The number of carbonyl (C=O) groups excluding carboxylic acids is 2. The van der Waals surface area contributed by atoms with Crippen molar-refractivity contribution >= 4 is 17.6 Å². The lowest BCUT2D eigenvalue weighted by Gasteiger charge is -2.40. The predicted molar refractivity (Wildman–Crippen MR) is 99.9 cm³/mol. The monoisotopic (exact) mass is 350 g/mol. The van der Waals surface area contributed by atoms with Gasteiger partial charge in [-0.15, -0.1) is 0 Å². The first kappa shape index (κ1) is 18.2. The molecule has 2 aromatic rings. The Labute approximate surface area is 154 Å². The van der Waals surface area contributed by atoms with Gasteiger partial charge in [0.05, 0.1) is 0 Å². The van der Waals surface area contributed by atoms with Crippen molar-refractivity contribution in [1.82, 2.24) is 0 Å². The van der Waals surface area contributed by atoms with E-state index in [-0.39, 0.29) is 30.7 Å². The van der Waals surface area contributed by atoms with E-state index in [2.05, 4.69) is 32.0 Å². The lowest BCUT2D eigenvalue weighted by atomic mass is 9.80. The quantitative estimate of drug-likeness (QED) is 0.832. The zero-order valence-electron chi connectivity index (χ0n) is 15.3. The second-order valence-electron chi connectivity index (χ2n) is 7.10. The molecule has 2 aromatic carbocycles. The number of amides is 1. The number of carbonyl (C=O) groups is 2. The summed E-state index contributed by atoms with van der Waals surface area (Å²) in [4.78, 5) is 25.3. The lowest BCUT2D eigenvalue weighted by Crippen LogP contribution is -2.43. The first-order chi connectivity index (χ1) is 12.5. The predicted octanol–water partition coefficient (Wildman–Crippen LogP) is 3.17. The fourth-order valence-corrected chi connectivity index (χ4v) is 3.87.